The zero-order valence-electron chi connectivity index (χ0n) is 9.14. The largest absolute Gasteiger partial charge is 0.324 e. The fraction of sp³-hybridized carbons (Fsp3) is 0.400. The fourth-order valence-electron chi connectivity index (χ4n) is 1.17. The maximum Gasteiger partial charge on any atom is 0.242 e. The Morgan fingerprint density at radius 3 is 2.40 bits per heavy atom. The van der Waals surface area contributed by atoms with Crippen LogP contribution in [0.5, 0.6) is 0 Å². The van der Waals surface area contributed by atoms with E-state index in [4.69, 9.17) is 5.73 Å². The highest BCUT2D eigenvalue weighted by molar-refractivity contribution is 7.89. The van der Waals surface area contributed by atoms with E-state index in [0.29, 0.717) is 0 Å². The predicted molar refractivity (Wildman–Crippen MR) is 59.9 cm³/mol. The van der Waals surface area contributed by atoms with Crippen molar-refractivity contribution in [3.8, 4) is 0 Å². The van der Waals surface area contributed by atoms with Crippen LogP contribution in [0.25, 0.3) is 0 Å². The molecule has 1 aromatic rings. The molecule has 0 aliphatic rings. The molecule has 0 spiro atoms. The average molecular weight is 228 g/mol. The van der Waals surface area contributed by atoms with Crippen LogP contribution in [0.4, 0.5) is 0 Å². The van der Waals surface area contributed by atoms with Gasteiger partial charge in [0.05, 0.1) is 4.90 Å². The smallest absolute Gasteiger partial charge is 0.242 e. The van der Waals surface area contributed by atoms with E-state index in [9.17, 15) is 8.42 Å². The molecule has 0 unspecified atom stereocenters. The van der Waals surface area contributed by atoms with Gasteiger partial charge in [0.15, 0.2) is 0 Å². The standard InChI is InChI=1S/C10H16N2O2S/c1-8(11)9-5-4-6-10(7-9)15(13,14)12(2)3/h4-8H,11H2,1-3H3/t8-/m1/s1. The Labute approximate surface area is 90.8 Å². The Balaban J connectivity index is 3.23. The van der Waals surface area contributed by atoms with Crippen molar-refractivity contribution in [3.05, 3.63) is 29.8 Å². The quantitative estimate of drug-likeness (QED) is 0.838. The summed E-state index contributed by atoms with van der Waals surface area (Å²) in [5.74, 6) is 0. The minimum atomic E-state index is -3.36. The zero-order chi connectivity index (χ0) is 11.6. The third-order valence-electron chi connectivity index (χ3n) is 2.16. The van der Waals surface area contributed by atoms with E-state index < -0.39 is 10.0 Å². The summed E-state index contributed by atoms with van der Waals surface area (Å²) in [6.07, 6.45) is 0. The number of nitrogens with zero attached hydrogens (tertiary/aromatic N) is 1. The molecule has 1 aromatic carbocycles. The normalized spacial score (nSPS) is 14.2. The Kier molecular flexibility index (Phi) is 3.49. The summed E-state index contributed by atoms with van der Waals surface area (Å²) >= 11 is 0. The van der Waals surface area contributed by atoms with E-state index in [1.165, 1.54) is 18.4 Å². The fourth-order valence-corrected chi connectivity index (χ4v) is 2.13. The molecular formula is C10H16N2O2S. The molecule has 0 saturated carbocycles. The molecule has 0 aliphatic heterocycles. The van der Waals surface area contributed by atoms with Crippen LogP contribution in [-0.2, 0) is 10.0 Å². The Hall–Kier alpha value is -0.910. The second-order valence-corrected chi connectivity index (χ2v) is 5.80. The lowest BCUT2D eigenvalue weighted by atomic mass is 10.1. The summed E-state index contributed by atoms with van der Waals surface area (Å²) in [7, 11) is -0.340. The molecule has 84 valence electrons. The van der Waals surface area contributed by atoms with Crippen LogP contribution in [0.3, 0.4) is 0 Å². The lowest BCUT2D eigenvalue weighted by Crippen LogP contribution is -2.22. The molecule has 0 bridgehead atoms. The molecule has 2 N–H and O–H groups in total. The number of benzene rings is 1. The second kappa shape index (κ2) is 4.30. The highest BCUT2D eigenvalue weighted by atomic mass is 32.2. The molecule has 0 heterocycles. The molecule has 0 aromatic heterocycles. The molecule has 0 aliphatic carbocycles. The lowest BCUT2D eigenvalue weighted by molar-refractivity contribution is 0.520. The van der Waals surface area contributed by atoms with Gasteiger partial charge >= 0.3 is 0 Å². The van der Waals surface area contributed by atoms with Crippen molar-refractivity contribution in [1.29, 1.82) is 0 Å². The first-order chi connectivity index (χ1) is 6.85. The topological polar surface area (TPSA) is 63.4 Å². The van der Waals surface area contributed by atoms with Crippen molar-refractivity contribution in [1.82, 2.24) is 4.31 Å². The highest BCUT2D eigenvalue weighted by Gasteiger charge is 2.17. The SMILES string of the molecule is C[C@@H](N)c1cccc(S(=O)(=O)N(C)C)c1. The average Bonchev–Trinajstić information content (AvgIpc) is 2.17. The van der Waals surface area contributed by atoms with Gasteiger partial charge < -0.3 is 5.73 Å². The summed E-state index contributed by atoms with van der Waals surface area (Å²) in [6.45, 7) is 1.82. The predicted octanol–water partition coefficient (Wildman–Crippen LogP) is 0.957. The molecule has 0 saturated heterocycles. The van der Waals surface area contributed by atoms with E-state index >= 15 is 0 Å². The summed E-state index contributed by atoms with van der Waals surface area (Å²) in [5.41, 5.74) is 6.51. The van der Waals surface area contributed by atoms with Gasteiger partial charge in [-0.3, -0.25) is 0 Å². The zero-order valence-corrected chi connectivity index (χ0v) is 9.95. The van der Waals surface area contributed by atoms with Gasteiger partial charge in [0.1, 0.15) is 0 Å². The molecule has 4 nitrogen and oxygen atoms in total. The van der Waals surface area contributed by atoms with Crippen LogP contribution in [0, 0.1) is 0 Å². The molecule has 0 amide bonds. The van der Waals surface area contributed by atoms with Crippen LogP contribution < -0.4 is 5.73 Å². The van der Waals surface area contributed by atoms with Crippen LogP contribution in [0.2, 0.25) is 0 Å². The van der Waals surface area contributed by atoms with E-state index in [0.717, 1.165) is 5.56 Å². The van der Waals surface area contributed by atoms with E-state index in [2.05, 4.69) is 0 Å². The van der Waals surface area contributed by atoms with E-state index in [1.807, 2.05) is 13.0 Å². The first-order valence-corrected chi connectivity index (χ1v) is 6.08. The first-order valence-electron chi connectivity index (χ1n) is 4.64. The van der Waals surface area contributed by atoms with Crippen molar-refractivity contribution in [3.63, 3.8) is 0 Å². The van der Waals surface area contributed by atoms with E-state index in [-0.39, 0.29) is 10.9 Å². The summed E-state index contributed by atoms with van der Waals surface area (Å²) < 4.78 is 24.8. The number of rotatable bonds is 3. The van der Waals surface area contributed by atoms with Crippen molar-refractivity contribution in [2.45, 2.75) is 17.9 Å². The Bertz CT molecular complexity index is 438. The Morgan fingerprint density at radius 2 is 1.93 bits per heavy atom. The Morgan fingerprint density at radius 1 is 1.33 bits per heavy atom. The maximum absolute atomic E-state index is 11.8. The second-order valence-electron chi connectivity index (χ2n) is 3.65. The minimum absolute atomic E-state index is 0.165. The molecule has 5 heteroatoms. The van der Waals surface area contributed by atoms with Gasteiger partial charge in [-0.15, -0.1) is 0 Å². The summed E-state index contributed by atoms with van der Waals surface area (Å²) in [6, 6.07) is 6.54. The van der Waals surface area contributed by atoms with Gasteiger partial charge in [0.2, 0.25) is 10.0 Å². The molecular weight excluding hydrogens is 212 g/mol. The third kappa shape index (κ3) is 2.56. The van der Waals surface area contributed by atoms with Crippen molar-refractivity contribution < 1.29 is 8.42 Å². The van der Waals surface area contributed by atoms with Crippen molar-refractivity contribution in [2.24, 2.45) is 5.73 Å². The monoisotopic (exact) mass is 228 g/mol. The van der Waals surface area contributed by atoms with Gasteiger partial charge in [0, 0.05) is 20.1 Å². The minimum Gasteiger partial charge on any atom is -0.324 e. The molecule has 1 rings (SSSR count). The third-order valence-corrected chi connectivity index (χ3v) is 3.97. The molecule has 0 radical (unpaired) electrons. The maximum atomic E-state index is 11.8. The molecule has 15 heavy (non-hydrogen) atoms. The number of hydrogen-bond donors (Lipinski definition) is 1. The van der Waals surface area contributed by atoms with Crippen LogP contribution in [-0.4, -0.2) is 26.8 Å². The first kappa shape index (κ1) is 12.2. The number of sulfonamides is 1. The molecule has 1 atom stereocenters. The van der Waals surface area contributed by atoms with Crippen LogP contribution >= 0.6 is 0 Å². The van der Waals surface area contributed by atoms with Crippen molar-refractivity contribution >= 4 is 10.0 Å². The lowest BCUT2D eigenvalue weighted by Gasteiger charge is -2.13. The van der Waals surface area contributed by atoms with Gasteiger partial charge in [-0.25, -0.2) is 12.7 Å². The van der Waals surface area contributed by atoms with Gasteiger partial charge in [-0.1, -0.05) is 12.1 Å². The molecule has 0 fully saturated rings. The van der Waals surface area contributed by atoms with E-state index in [1.54, 1.807) is 18.2 Å². The van der Waals surface area contributed by atoms with Gasteiger partial charge in [0.25, 0.3) is 0 Å². The highest BCUT2D eigenvalue weighted by Crippen LogP contribution is 2.17. The van der Waals surface area contributed by atoms with Gasteiger partial charge in [-0.05, 0) is 24.6 Å². The van der Waals surface area contributed by atoms with Crippen LogP contribution in [0.15, 0.2) is 29.2 Å². The van der Waals surface area contributed by atoms with Crippen molar-refractivity contribution in [2.75, 3.05) is 14.1 Å². The number of nitrogens with two attached hydrogens (primary N) is 1. The van der Waals surface area contributed by atoms with Crippen LogP contribution in [0.1, 0.15) is 18.5 Å². The van der Waals surface area contributed by atoms with Gasteiger partial charge in [-0.2, -0.15) is 0 Å². The summed E-state index contributed by atoms with van der Waals surface area (Å²) in [5, 5.41) is 0. The number of hydrogen-bond acceptors (Lipinski definition) is 3. The summed E-state index contributed by atoms with van der Waals surface area (Å²) in [4.78, 5) is 0.280.